The van der Waals surface area contributed by atoms with Crippen molar-refractivity contribution in [3.8, 4) is 5.75 Å². The summed E-state index contributed by atoms with van der Waals surface area (Å²) >= 11 is 1.77. The number of benzene rings is 1. The number of thiazole rings is 1. The van der Waals surface area contributed by atoms with Crippen LogP contribution in [0.2, 0.25) is 0 Å². The highest BCUT2D eigenvalue weighted by Gasteiger charge is 2.20. The zero-order chi connectivity index (χ0) is 14.7. The molecule has 1 fully saturated rings. The van der Waals surface area contributed by atoms with E-state index in [0.717, 1.165) is 43.4 Å². The molecule has 0 saturated carbocycles. The van der Waals surface area contributed by atoms with Crippen molar-refractivity contribution in [1.29, 1.82) is 0 Å². The third-order valence-corrected chi connectivity index (χ3v) is 5.11. The van der Waals surface area contributed by atoms with Crippen LogP contribution in [0.15, 0.2) is 18.2 Å². The lowest BCUT2D eigenvalue weighted by atomic mass is 9.98. The molecule has 0 amide bonds. The van der Waals surface area contributed by atoms with Gasteiger partial charge in [0.15, 0.2) is 0 Å². The van der Waals surface area contributed by atoms with E-state index in [9.17, 15) is 0 Å². The summed E-state index contributed by atoms with van der Waals surface area (Å²) in [5.74, 6) is 1.63. The van der Waals surface area contributed by atoms with E-state index in [1.807, 2.05) is 12.1 Å². The number of nitrogens with zero attached hydrogens (tertiary/aromatic N) is 2. The van der Waals surface area contributed by atoms with E-state index in [4.69, 9.17) is 14.5 Å². The Labute approximate surface area is 129 Å². The summed E-state index contributed by atoms with van der Waals surface area (Å²) < 4.78 is 11.7. The molecule has 1 aliphatic rings. The van der Waals surface area contributed by atoms with Gasteiger partial charge in [0.2, 0.25) is 0 Å². The van der Waals surface area contributed by atoms with Crippen molar-refractivity contribution < 1.29 is 9.47 Å². The Kier molecular flexibility index (Phi) is 4.73. The molecule has 3 rings (SSSR count). The summed E-state index contributed by atoms with van der Waals surface area (Å²) in [5.41, 5.74) is 1.07. The van der Waals surface area contributed by atoms with Gasteiger partial charge in [-0.15, -0.1) is 11.3 Å². The van der Waals surface area contributed by atoms with Crippen LogP contribution < -0.4 is 4.74 Å². The molecule has 0 atom stereocenters. The van der Waals surface area contributed by atoms with Crippen LogP contribution >= 0.6 is 11.3 Å². The third kappa shape index (κ3) is 3.54. The van der Waals surface area contributed by atoms with Crippen molar-refractivity contribution in [3.63, 3.8) is 0 Å². The van der Waals surface area contributed by atoms with Gasteiger partial charge in [-0.2, -0.15) is 0 Å². The predicted octanol–water partition coefficient (Wildman–Crippen LogP) is 3.16. The normalized spacial score (nSPS) is 17.4. The van der Waals surface area contributed by atoms with Crippen LogP contribution in [0.5, 0.6) is 5.75 Å². The first-order valence-electron chi connectivity index (χ1n) is 7.43. The van der Waals surface area contributed by atoms with Gasteiger partial charge in [-0.05, 0) is 50.0 Å². The van der Waals surface area contributed by atoms with E-state index in [-0.39, 0.29) is 0 Å². The second-order valence-corrected chi connectivity index (χ2v) is 6.73. The van der Waals surface area contributed by atoms with Gasteiger partial charge in [0, 0.05) is 13.7 Å². The maximum Gasteiger partial charge on any atom is 0.120 e. The molecule has 4 nitrogen and oxygen atoms in total. The summed E-state index contributed by atoms with van der Waals surface area (Å²) in [6, 6.07) is 6.09. The topological polar surface area (TPSA) is 34.6 Å². The van der Waals surface area contributed by atoms with Crippen molar-refractivity contribution >= 4 is 21.6 Å². The minimum Gasteiger partial charge on any atom is -0.497 e. The molecule has 0 radical (unpaired) electrons. The Balaban J connectivity index is 1.63. The van der Waals surface area contributed by atoms with Crippen molar-refractivity contribution in [1.82, 2.24) is 9.88 Å². The molecule has 1 aromatic carbocycles. The number of hydrogen-bond acceptors (Lipinski definition) is 5. The fourth-order valence-electron chi connectivity index (χ4n) is 2.89. The van der Waals surface area contributed by atoms with E-state index < -0.39 is 0 Å². The van der Waals surface area contributed by atoms with Gasteiger partial charge in [-0.25, -0.2) is 4.98 Å². The number of methoxy groups -OCH3 is 2. The second kappa shape index (κ2) is 6.73. The van der Waals surface area contributed by atoms with Gasteiger partial charge in [0.25, 0.3) is 0 Å². The van der Waals surface area contributed by atoms with Crippen LogP contribution in [-0.2, 0) is 11.3 Å². The second-order valence-electron chi connectivity index (χ2n) is 5.62. The molecule has 0 unspecified atom stereocenters. The van der Waals surface area contributed by atoms with Crippen molar-refractivity contribution in [2.75, 3.05) is 33.9 Å². The van der Waals surface area contributed by atoms with Gasteiger partial charge in [-0.1, -0.05) is 0 Å². The maximum absolute atomic E-state index is 5.27. The molecule has 0 N–H and O–H groups in total. The van der Waals surface area contributed by atoms with Gasteiger partial charge in [0.05, 0.1) is 23.9 Å². The lowest BCUT2D eigenvalue weighted by molar-refractivity contribution is 0.0968. The molecule has 0 aliphatic carbocycles. The summed E-state index contributed by atoms with van der Waals surface area (Å²) in [6.45, 7) is 4.15. The largest absolute Gasteiger partial charge is 0.497 e. The lowest BCUT2D eigenvalue weighted by Gasteiger charge is -2.30. The predicted molar refractivity (Wildman–Crippen MR) is 86.0 cm³/mol. The molecule has 0 spiro atoms. The number of hydrogen-bond donors (Lipinski definition) is 0. The molecule has 0 bridgehead atoms. The molecule has 2 aromatic rings. The Morgan fingerprint density at radius 2 is 2.10 bits per heavy atom. The number of ether oxygens (including phenoxy) is 2. The van der Waals surface area contributed by atoms with E-state index in [2.05, 4.69) is 11.0 Å². The molecule has 1 aliphatic heterocycles. The van der Waals surface area contributed by atoms with Crippen molar-refractivity contribution in [2.45, 2.75) is 19.4 Å². The maximum atomic E-state index is 5.27. The molecule has 1 saturated heterocycles. The Hall–Kier alpha value is -1.17. The summed E-state index contributed by atoms with van der Waals surface area (Å²) in [6.07, 6.45) is 2.46. The van der Waals surface area contributed by atoms with Crippen molar-refractivity contribution in [2.24, 2.45) is 5.92 Å². The first-order chi connectivity index (χ1) is 10.3. The fraction of sp³-hybridized carbons (Fsp3) is 0.562. The van der Waals surface area contributed by atoms with Crippen LogP contribution in [-0.4, -0.2) is 43.8 Å². The third-order valence-electron chi connectivity index (χ3n) is 4.11. The smallest absolute Gasteiger partial charge is 0.120 e. The van der Waals surface area contributed by atoms with E-state index in [0.29, 0.717) is 0 Å². The standard InChI is InChI=1S/C16H22N2O2S/c1-19-11-12-5-7-18(8-6-12)10-16-17-14-4-3-13(20-2)9-15(14)21-16/h3-4,9,12H,5-8,10-11H2,1-2H3. The van der Waals surface area contributed by atoms with Crippen LogP contribution in [0, 0.1) is 5.92 Å². The quantitative estimate of drug-likeness (QED) is 0.850. The number of piperidine rings is 1. The van der Waals surface area contributed by atoms with Gasteiger partial charge in [-0.3, -0.25) is 4.90 Å². The Morgan fingerprint density at radius 1 is 1.29 bits per heavy atom. The zero-order valence-corrected chi connectivity index (χ0v) is 13.5. The van der Waals surface area contributed by atoms with Gasteiger partial charge in [0.1, 0.15) is 10.8 Å². The van der Waals surface area contributed by atoms with Crippen LogP contribution in [0.3, 0.4) is 0 Å². The molecular weight excluding hydrogens is 284 g/mol. The number of likely N-dealkylation sites (tertiary alicyclic amines) is 1. The van der Waals surface area contributed by atoms with Gasteiger partial charge < -0.3 is 9.47 Å². The summed E-state index contributed by atoms with van der Waals surface area (Å²) in [5, 5.41) is 1.20. The lowest BCUT2D eigenvalue weighted by Crippen LogP contribution is -2.34. The number of fused-ring (bicyclic) bond motifs is 1. The molecule has 21 heavy (non-hydrogen) atoms. The van der Waals surface area contributed by atoms with Gasteiger partial charge >= 0.3 is 0 Å². The fourth-order valence-corrected chi connectivity index (χ4v) is 3.92. The first kappa shape index (κ1) is 14.8. The molecule has 2 heterocycles. The highest BCUT2D eigenvalue weighted by Crippen LogP contribution is 2.28. The number of aromatic nitrogens is 1. The van der Waals surface area contributed by atoms with E-state index >= 15 is 0 Å². The Bertz CT molecular complexity index is 591. The van der Waals surface area contributed by atoms with E-state index in [1.54, 1.807) is 25.6 Å². The highest BCUT2D eigenvalue weighted by atomic mass is 32.1. The first-order valence-corrected chi connectivity index (χ1v) is 8.25. The average Bonchev–Trinajstić information content (AvgIpc) is 2.90. The Morgan fingerprint density at radius 3 is 2.81 bits per heavy atom. The molecule has 5 heteroatoms. The average molecular weight is 306 g/mol. The van der Waals surface area contributed by atoms with Crippen LogP contribution in [0.4, 0.5) is 0 Å². The summed E-state index contributed by atoms with van der Waals surface area (Å²) in [7, 11) is 3.50. The monoisotopic (exact) mass is 306 g/mol. The van der Waals surface area contributed by atoms with E-state index in [1.165, 1.54) is 22.5 Å². The number of rotatable bonds is 5. The minimum absolute atomic E-state index is 0.728. The van der Waals surface area contributed by atoms with Crippen LogP contribution in [0.1, 0.15) is 17.8 Å². The molecular formula is C16H22N2O2S. The van der Waals surface area contributed by atoms with Crippen molar-refractivity contribution in [3.05, 3.63) is 23.2 Å². The molecule has 1 aromatic heterocycles. The minimum atomic E-state index is 0.728. The zero-order valence-electron chi connectivity index (χ0n) is 12.7. The SMILES string of the molecule is COCC1CCN(Cc2nc3ccc(OC)cc3s2)CC1. The highest BCUT2D eigenvalue weighted by molar-refractivity contribution is 7.18. The molecule has 114 valence electrons. The summed E-state index contributed by atoms with van der Waals surface area (Å²) in [4.78, 5) is 7.24. The van der Waals surface area contributed by atoms with Crippen LogP contribution in [0.25, 0.3) is 10.2 Å².